The van der Waals surface area contributed by atoms with E-state index in [4.69, 9.17) is 21.1 Å². The zero-order valence-electron chi connectivity index (χ0n) is 9.66. The molecule has 0 saturated heterocycles. The fraction of sp³-hybridized carbons (Fsp3) is 0.583. The first kappa shape index (κ1) is 13.1. The van der Waals surface area contributed by atoms with Crippen molar-refractivity contribution in [3.05, 3.63) is 21.8 Å². The SMILES string of the molecule is COC1CCCC(Oc2ncc(Br)cc2Cl)C1. The van der Waals surface area contributed by atoms with Gasteiger partial charge in [-0.1, -0.05) is 11.6 Å². The molecule has 1 aliphatic carbocycles. The average Bonchev–Trinajstić information content (AvgIpc) is 2.33. The van der Waals surface area contributed by atoms with E-state index in [9.17, 15) is 0 Å². The lowest BCUT2D eigenvalue weighted by Gasteiger charge is -2.28. The monoisotopic (exact) mass is 319 g/mol. The van der Waals surface area contributed by atoms with Crippen molar-refractivity contribution in [3.63, 3.8) is 0 Å². The smallest absolute Gasteiger partial charge is 0.232 e. The van der Waals surface area contributed by atoms with Gasteiger partial charge in [0.2, 0.25) is 5.88 Å². The highest BCUT2D eigenvalue weighted by atomic mass is 79.9. The second-order valence-electron chi connectivity index (χ2n) is 4.20. The minimum absolute atomic E-state index is 0.153. The van der Waals surface area contributed by atoms with Gasteiger partial charge in [0, 0.05) is 24.2 Å². The summed E-state index contributed by atoms with van der Waals surface area (Å²) in [5.41, 5.74) is 0. The van der Waals surface area contributed by atoms with E-state index in [-0.39, 0.29) is 6.10 Å². The van der Waals surface area contributed by atoms with E-state index in [1.54, 1.807) is 19.4 Å². The number of nitrogens with zero attached hydrogens (tertiary/aromatic N) is 1. The summed E-state index contributed by atoms with van der Waals surface area (Å²) < 4.78 is 12.1. The summed E-state index contributed by atoms with van der Waals surface area (Å²) in [5, 5.41) is 0.541. The minimum atomic E-state index is 0.153. The number of hydrogen-bond donors (Lipinski definition) is 0. The van der Waals surface area contributed by atoms with Crippen molar-refractivity contribution in [1.82, 2.24) is 4.98 Å². The normalized spacial score (nSPS) is 24.6. The number of halogens is 2. The summed E-state index contributed by atoms with van der Waals surface area (Å²) in [6, 6.07) is 1.79. The molecule has 94 valence electrons. The van der Waals surface area contributed by atoms with Gasteiger partial charge < -0.3 is 9.47 Å². The Hall–Kier alpha value is -0.320. The largest absolute Gasteiger partial charge is 0.473 e. The molecule has 0 amide bonds. The Bertz CT molecular complexity index is 389. The second kappa shape index (κ2) is 6.03. The van der Waals surface area contributed by atoms with Crippen LogP contribution in [0, 0.1) is 0 Å². The van der Waals surface area contributed by atoms with Gasteiger partial charge in [-0.25, -0.2) is 4.98 Å². The van der Waals surface area contributed by atoms with Gasteiger partial charge in [0.05, 0.1) is 6.10 Å². The summed E-state index contributed by atoms with van der Waals surface area (Å²) >= 11 is 9.39. The molecule has 1 heterocycles. The molecule has 0 aromatic carbocycles. The van der Waals surface area contributed by atoms with Crippen LogP contribution in [0.2, 0.25) is 5.02 Å². The van der Waals surface area contributed by atoms with Gasteiger partial charge in [-0.15, -0.1) is 0 Å². The molecule has 0 bridgehead atoms. The Balaban J connectivity index is 2.00. The van der Waals surface area contributed by atoms with Crippen molar-refractivity contribution in [1.29, 1.82) is 0 Å². The van der Waals surface area contributed by atoms with Crippen LogP contribution in [0.1, 0.15) is 25.7 Å². The second-order valence-corrected chi connectivity index (χ2v) is 5.53. The Morgan fingerprint density at radius 2 is 2.18 bits per heavy atom. The summed E-state index contributed by atoms with van der Waals surface area (Å²) in [5.74, 6) is 0.511. The number of methoxy groups -OCH3 is 1. The lowest BCUT2D eigenvalue weighted by atomic mass is 9.95. The van der Waals surface area contributed by atoms with Crippen molar-refractivity contribution in [2.75, 3.05) is 7.11 Å². The molecule has 0 aliphatic heterocycles. The van der Waals surface area contributed by atoms with E-state index < -0.39 is 0 Å². The van der Waals surface area contributed by atoms with Crippen LogP contribution in [0.3, 0.4) is 0 Å². The highest BCUT2D eigenvalue weighted by molar-refractivity contribution is 9.10. The van der Waals surface area contributed by atoms with Crippen LogP contribution in [-0.2, 0) is 4.74 Å². The molecule has 1 aromatic rings. The molecule has 5 heteroatoms. The summed E-state index contributed by atoms with van der Waals surface area (Å²) in [6.07, 6.45) is 6.31. The number of ether oxygens (including phenoxy) is 2. The number of hydrogen-bond acceptors (Lipinski definition) is 3. The summed E-state index contributed by atoms with van der Waals surface area (Å²) in [7, 11) is 1.75. The molecule has 2 atom stereocenters. The Labute approximate surface area is 115 Å². The molecule has 0 spiro atoms. The van der Waals surface area contributed by atoms with Crippen molar-refractivity contribution in [2.45, 2.75) is 37.9 Å². The molecule has 1 saturated carbocycles. The third kappa shape index (κ3) is 3.57. The predicted molar refractivity (Wildman–Crippen MR) is 70.6 cm³/mol. The third-order valence-corrected chi connectivity index (χ3v) is 3.67. The van der Waals surface area contributed by atoms with Crippen LogP contribution in [-0.4, -0.2) is 24.3 Å². The topological polar surface area (TPSA) is 31.4 Å². The third-order valence-electron chi connectivity index (χ3n) is 2.96. The van der Waals surface area contributed by atoms with Crippen LogP contribution < -0.4 is 4.74 Å². The molecular weight excluding hydrogens is 305 g/mol. The van der Waals surface area contributed by atoms with Crippen molar-refractivity contribution < 1.29 is 9.47 Å². The Kier molecular flexibility index (Phi) is 4.65. The van der Waals surface area contributed by atoms with E-state index in [1.807, 2.05) is 0 Å². The maximum absolute atomic E-state index is 6.07. The first-order valence-corrected chi connectivity index (χ1v) is 6.86. The van der Waals surface area contributed by atoms with Crippen molar-refractivity contribution >= 4 is 27.5 Å². The van der Waals surface area contributed by atoms with Crippen molar-refractivity contribution in [2.24, 2.45) is 0 Å². The Morgan fingerprint density at radius 3 is 2.88 bits per heavy atom. The van der Waals surface area contributed by atoms with Crippen molar-refractivity contribution in [3.8, 4) is 5.88 Å². The van der Waals surface area contributed by atoms with Gasteiger partial charge in [-0.3, -0.25) is 0 Å². The maximum Gasteiger partial charge on any atom is 0.232 e. The minimum Gasteiger partial charge on any atom is -0.473 e. The van der Waals surface area contributed by atoms with E-state index in [0.29, 0.717) is 17.0 Å². The zero-order valence-corrected chi connectivity index (χ0v) is 12.0. The van der Waals surface area contributed by atoms with Gasteiger partial charge >= 0.3 is 0 Å². The molecule has 0 N–H and O–H groups in total. The fourth-order valence-corrected chi connectivity index (χ4v) is 2.74. The van der Waals surface area contributed by atoms with Crippen LogP contribution in [0.5, 0.6) is 5.88 Å². The standard InChI is InChI=1S/C12H15BrClNO2/c1-16-9-3-2-4-10(6-9)17-12-11(14)5-8(13)7-15-12/h5,7,9-10H,2-4,6H2,1H3. The van der Waals surface area contributed by atoms with Gasteiger partial charge in [-0.05, 0) is 41.3 Å². The molecule has 17 heavy (non-hydrogen) atoms. The highest BCUT2D eigenvalue weighted by Gasteiger charge is 2.24. The molecule has 0 radical (unpaired) electrons. The number of rotatable bonds is 3. The van der Waals surface area contributed by atoms with Gasteiger partial charge in [0.25, 0.3) is 0 Å². The van der Waals surface area contributed by atoms with Crippen LogP contribution in [0.4, 0.5) is 0 Å². The molecule has 3 nitrogen and oxygen atoms in total. The van der Waals surface area contributed by atoms with Crippen LogP contribution >= 0.6 is 27.5 Å². The first-order chi connectivity index (χ1) is 8.19. The molecule has 1 aromatic heterocycles. The molecule has 1 fully saturated rings. The van der Waals surface area contributed by atoms with E-state index >= 15 is 0 Å². The van der Waals surface area contributed by atoms with Gasteiger partial charge in [-0.2, -0.15) is 0 Å². The van der Waals surface area contributed by atoms with E-state index in [2.05, 4.69) is 20.9 Å². The molecular formula is C12H15BrClNO2. The maximum atomic E-state index is 6.07. The first-order valence-electron chi connectivity index (χ1n) is 5.69. The van der Waals surface area contributed by atoms with Gasteiger partial charge in [0.1, 0.15) is 11.1 Å². The van der Waals surface area contributed by atoms with Crippen LogP contribution in [0.15, 0.2) is 16.7 Å². The fourth-order valence-electron chi connectivity index (χ4n) is 2.07. The zero-order chi connectivity index (χ0) is 12.3. The summed E-state index contributed by atoms with van der Waals surface area (Å²) in [4.78, 5) is 4.18. The molecule has 2 rings (SSSR count). The number of pyridine rings is 1. The lowest BCUT2D eigenvalue weighted by molar-refractivity contribution is 0.0195. The number of aromatic nitrogens is 1. The quantitative estimate of drug-likeness (QED) is 0.848. The van der Waals surface area contributed by atoms with E-state index in [0.717, 1.165) is 30.2 Å². The average molecular weight is 321 g/mol. The summed E-state index contributed by atoms with van der Waals surface area (Å²) in [6.45, 7) is 0. The van der Waals surface area contributed by atoms with E-state index in [1.165, 1.54) is 0 Å². The van der Waals surface area contributed by atoms with Gasteiger partial charge in [0.15, 0.2) is 0 Å². The molecule has 2 unspecified atom stereocenters. The Morgan fingerprint density at radius 1 is 1.41 bits per heavy atom. The molecule has 1 aliphatic rings. The highest BCUT2D eigenvalue weighted by Crippen LogP contribution is 2.29. The lowest BCUT2D eigenvalue weighted by Crippen LogP contribution is -2.29. The predicted octanol–water partition coefficient (Wildman–Crippen LogP) is 3.83. The van der Waals surface area contributed by atoms with Crippen LogP contribution in [0.25, 0.3) is 0 Å².